The Hall–Kier alpha value is -0.120. The molecule has 72 valence electrons. The van der Waals surface area contributed by atoms with Gasteiger partial charge in [0.05, 0.1) is 24.4 Å². The first-order chi connectivity index (χ1) is 5.54. The maximum atomic E-state index is 9.07. The average molecular weight is 174 g/mol. The lowest BCUT2D eigenvalue weighted by atomic mass is 9.88. The highest BCUT2D eigenvalue weighted by molar-refractivity contribution is 4.88. The molecule has 0 saturated carbocycles. The van der Waals surface area contributed by atoms with Crippen molar-refractivity contribution in [3.63, 3.8) is 0 Å². The molecule has 1 heterocycles. The van der Waals surface area contributed by atoms with Crippen molar-refractivity contribution in [3.8, 4) is 0 Å². The molecular weight excluding hydrogens is 156 g/mol. The van der Waals surface area contributed by atoms with E-state index in [4.69, 9.17) is 14.9 Å². The second-order valence-corrected chi connectivity index (χ2v) is 4.17. The van der Waals surface area contributed by atoms with E-state index in [1.807, 2.05) is 13.8 Å². The van der Waals surface area contributed by atoms with Gasteiger partial charge >= 0.3 is 0 Å². The lowest BCUT2D eigenvalue weighted by Crippen LogP contribution is -2.49. The lowest BCUT2D eigenvalue weighted by Gasteiger charge is -2.43. The van der Waals surface area contributed by atoms with Crippen LogP contribution in [0.2, 0.25) is 0 Å². The zero-order valence-corrected chi connectivity index (χ0v) is 7.84. The van der Waals surface area contributed by atoms with Crippen molar-refractivity contribution >= 4 is 0 Å². The summed E-state index contributed by atoms with van der Waals surface area (Å²) in [6.45, 7) is 3.84. The minimum Gasteiger partial charge on any atom is -0.393 e. The van der Waals surface area contributed by atoms with Gasteiger partial charge in [-0.25, -0.2) is 0 Å². The summed E-state index contributed by atoms with van der Waals surface area (Å²) in [5.74, 6) is 0. The van der Waals surface area contributed by atoms with Crippen molar-refractivity contribution in [2.75, 3.05) is 13.2 Å². The normalized spacial score (nSPS) is 43.0. The van der Waals surface area contributed by atoms with Gasteiger partial charge in [-0.05, 0) is 33.1 Å². The molecule has 1 saturated heterocycles. The number of aliphatic hydroxyl groups is 2. The Bertz CT molecular complexity index is 144. The second kappa shape index (κ2) is 3.32. The van der Waals surface area contributed by atoms with Crippen molar-refractivity contribution in [1.82, 2.24) is 0 Å². The van der Waals surface area contributed by atoms with Crippen LogP contribution in [0.15, 0.2) is 0 Å². The molecule has 0 spiro atoms. The van der Waals surface area contributed by atoms with Gasteiger partial charge in [-0.15, -0.1) is 0 Å². The van der Waals surface area contributed by atoms with Gasteiger partial charge in [0, 0.05) is 0 Å². The molecule has 3 nitrogen and oxygen atoms in total. The number of rotatable bonds is 2. The predicted molar refractivity (Wildman–Crippen MR) is 45.9 cm³/mol. The highest BCUT2D eigenvalue weighted by atomic mass is 16.5. The summed E-state index contributed by atoms with van der Waals surface area (Å²) < 4.78 is 5.66. The molecule has 0 aromatic carbocycles. The highest BCUT2D eigenvalue weighted by Gasteiger charge is 2.39. The summed E-state index contributed by atoms with van der Waals surface area (Å²) in [4.78, 5) is 0. The molecule has 0 aromatic rings. The van der Waals surface area contributed by atoms with Gasteiger partial charge in [-0.2, -0.15) is 0 Å². The van der Waals surface area contributed by atoms with Crippen LogP contribution in [0.5, 0.6) is 0 Å². The van der Waals surface area contributed by atoms with E-state index < -0.39 is 11.2 Å². The summed E-state index contributed by atoms with van der Waals surface area (Å²) in [6, 6.07) is 0. The van der Waals surface area contributed by atoms with Crippen molar-refractivity contribution in [1.29, 1.82) is 0 Å². The molecule has 0 aliphatic carbocycles. The molecule has 0 radical (unpaired) electrons. The van der Waals surface area contributed by atoms with Gasteiger partial charge in [-0.1, -0.05) is 0 Å². The van der Waals surface area contributed by atoms with Gasteiger partial charge in [0.2, 0.25) is 0 Å². The second-order valence-electron chi connectivity index (χ2n) is 4.17. The summed E-state index contributed by atoms with van der Waals surface area (Å²) in [7, 11) is 0. The van der Waals surface area contributed by atoms with E-state index in [0.717, 1.165) is 19.3 Å². The van der Waals surface area contributed by atoms with Gasteiger partial charge in [0.25, 0.3) is 0 Å². The van der Waals surface area contributed by atoms with E-state index in [0.29, 0.717) is 0 Å². The molecule has 0 aromatic heterocycles. The fourth-order valence-corrected chi connectivity index (χ4v) is 1.76. The van der Waals surface area contributed by atoms with E-state index in [9.17, 15) is 0 Å². The molecule has 3 heteroatoms. The van der Waals surface area contributed by atoms with Crippen LogP contribution >= 0.6 is 0 Å². The highest BCUT2D eigenvalue weighted by Crippen LogP contribution is 2.34. The van der Waals surface area contributed by atoms with Crippen molar-refractivity contribution in [2.24, 2.45) is 0 Å². The fraction of sp³-hybridized carbons (Fsp3) is 1.00. The van der Waals surface area contributed by atoms with Gasteiger partial charge in [-0.3, -0.25) is 0 Å². The molecule has 12 heavy (non-hydrogen) atoms. The van der Waals surface area contributed by atoms with Crippen molar-refractivity contribution < 1.29 is 14.9 Å². The van der Waals surface area contributed by atoms with E-state index in [1.165, 1.54) is 0 Å². The third kappa shape index (κ3) is 1.97. The van der Waals surface area contributed by atoms with Gasteiger partial charge in [0.1, 0.15) is 0 Å². The van der Waals surface area contributed by atoms with Crippen molar-refractivity contribution in [3.05, 3.63) is 0 Å². The van der Waals surface area contributed by atoms with Crippen LogP contribution in [0, 0.1) is 0 Å². The van der Waals surface area contributed by atoms with Crippen LogP contribution in [0.4, 0.5) is 0 Å². The van der Waals surface area contributed by atoms with E-state index in [1.54, 1.807) is 0 Å². The topological polar surface area (TPSA) is 49.7 Å². The first-order valence-corrected chi connectivity index (χ1v) is 4.45. The van der Waals surface area contributed by atoms with Crippen LogP contribution in [0.3, 0.4) is 0 Å². The van der Waals surface area contributed by atoms with E-state index in [2.05, 4.69) is 0 Å². The Balaban J connectivity index is 2.62. The number of hydrogen-bond donors (Lipinski definition) is 2. The molecule has 1 rings (SSSR count). The van der Waals surface area contributed by atoms with Crippen LogP contribution in [0.25, 0.3) is 0 Å². The molecule has 1 unspecified atom stereocenters. The minimum absolute atomic E-state index is 0.0303. The first-order valence-electron chi connectivity index (χ1n) is 4.45. The third-order valence-corrected chi connectivity index (χ3v) is 2.57. The number of ether oxygens (including phenoxy) is 1. The quantitative estimate of drug-likeness (QED) is 0.647. The Morgan fingerprint density at radius 1 is 1.08 bits per heavy atom. The van der Waals surface area contributed by atoms with Gasteiger partial charge < -0.3 is 14.9 Å². The first kappa shape index (κ1) is 9.96. The number of aliphatic hydroxyl groups excluding tert-OH is 2. The van der Waals surface area contributed by atoms with Crippen molar-refractivity contribution in [2.45, 2.75) is 44.3 Å². The molecule has 0 bridgehead atoms. The summed E-state index contributed by atoms with van der Waals surface area (Å²) in [5.41, 5.74) is -0.897. The largest absolute Gasteiger partial charge is 0.393 e. The smallest absolute Gasteiger partial charge is 0.0892 e. The SMILES string of the molecule is CC1(CO)CCC[C@@](C)(CO)O1. The molecule has 2 N–H and O–H groups in total. The minimum atomic E-state index is -0.449. The summed E-state index contributed by atoms with van der Waals surface area (Å²) in [6.07, 6.45) is 2.76. The Morgan fingerprint density at radius 3 is 1.83 bits per heavy atom. The zero-order valence-electron chi connectivity index (χ0n) is 7.84. The monoisotopic (exact) mass is 174 g/mol. The van der Waals surface area contributed by atoms with Crippen LogP contribution in [-0.2, 0) is 4.74 Å². The van der Waals surface area contributed by atoms with Gasteiger partial charge in [0.15, 0.2) is 0 Å². The molecule has 2 atom stereocenters. The predicted octanol–water partition coefficient (Wildman–Crippen LogP) is 0.689. The number of hydrogen-bond acceptors (Lipinski definition) is 3. The van der Waals surface area contributed by atoms with E-state index >= 15 is 0 Å². The third-order valence-electron chi connectivity index (χ3n) is 2.57. The van der Waals surface area contributed by atoms with Crippen LogP contribution < -0.4 is 0 Å². The standard InChI is InChI=1S/C9H18O3/c1-8(6-10)4-3-5-9(2,7-11)12-8/h10-11H,3-7H2,1-2H3/t8-,9?/m0/s1. The zero-order chi connectivity index (χ0) is 9.24. The molecular formula is C9H18O3. The average Bonchev–Trinajstić information content (AvgIpc) is 2.05. The Kier molecular flexibility index (Phi) is 2.76. The molecule has 1 aliphatic rings. The van der Waals surface area contributed by atoms with Crippen LogP contribution in [0.1, 0.15) is 33.1 Å². The van der Waals surface area contributed by atoms with E-state index in [-0.39, 0.29) is 13.2 Å². The Morgan fingerprint density at radius 2 is 1.50 bits per heavy atom. The molecule has 1 fully saturated rings. The lowest BCUT2D eigenvalue weighted by molar-refractivity contribution is -0.202. The maximum absolute atomic E-state index is 9.07. The summed E-state index contributed by atoms with van der Waals surface area (Å²) >= 11 is 0. The molecule has 1 aliphatic heterocycles. The maximum Gasteiger partial charge on any atom is 0.0892 e. The summed E-state index contributed by atoms with van der Waals surface area (Å²) in [5, 5.41) is 18.1. The van der Waals surface area contributed by atoms with Crippen LogP contribution in [-0.4, -0.2) is 34.6 Å². The fourth-order valence-electron chi connectivity index (χ4n) is 1.76. The molecule has 0 amide bonds. The Labute approximate surface area is 73.4 Å².